The molecule has 6 heteroatoms. The van der Waals surface area contributed by atoms with Gasteiger partial charge in [0.1, 0.15) is 17.7 Å². The summed E-state index contributed by atoms with van der Waals surface area (Å²) in [5.41, 5.74) is 12.5. The van der Waals surface area contributed by atoms with Gasteiger partial charge in [0.25, 0.3) is 0 Å². The molecule has 3 fully saturated rings. The Morgan fingerprint density at radius 3 is 2.42 bits per heavy atom. The number of hydrogen-bond acceptors (Lipinski definition) is 4. The molecular formula is C18H25F2N3O. The molecule has 4 nitrogen and oxygen atoms in total. The summed E-state index contributed by atoms with van der Waals surface area (Å²) in [7, 11) is 0. The van der Waals surface area contributed by atoms with Crippen molar-refractivity contribution in [3.63, 3.8) is 0 Å². The van der Waals surface area contributed by atoms with Gasteiger partial charge in [-0.2, -0.15) is 0 Å². The maximum Gasteiger partial charge on any atom is 0.129 e. The first-order chi connectivity index (χ1) is 11.5. The minimum atomic E-state index is -0.576. The standard InChI is InChI=1S/C18H25F2N3O/c19-12-1-2-16(20)15(5-12)18-17(22)6-14(9-24-18)23-7-10-3-13(21)4-11(10)8-23/h1-2,5,10-11,13-14,17-18H,3-4,6-9,21-22H2/t10?,11?,13?,14?,17?,18-/m1/s1. The first-order valence-corrected chi connectivity index (χ1v) is 8.83. The number of fused-ring (bicyclic) bond motifs is 1. The van der Waals surface area contributed by atoms with Gasteiger partial charge in [-0.3, -0.25) is 4.90 Å². The summed E-state index contributed by atoms with van der Waals surface area (Å²) < 4.78 is 33.3. The van der Waals surface area contributed by atoms with Gasteiger partial charge in [0.2, 0.25) is 0 Å². The molecule has 3 aliphatic rings. The Morgan fingerprint density at radius 2 is 1.75 bits per heavy atom. The molecule has 0 spiro atoms. The summed E-state index contributed by atoms with van der Waals surface area (Å²) in [5.74, 6) is 0.456. The fraction of sp³-hybridized carbons (Fsp3) is 0.667. The summed E-state index contributed by atoms with van der Waals surface area (Å²) in [5, 5.41) is 0. The van der Waals surface area contributed by atoms with E-state index in [9.17, 15) is 8.78 Å². The monoisotopic (exact) mass is 337 g/mol. The maximum absolute atomic E-state index is 14.0. The second kappa shape index (κ2) is 6.33. The minimum Gasteiger partial charge on any atom is -0.370 e. The topological polar surface area (TPSA) is 64.5 Å². The molecule has 0 bridgehead atoms. The highest BCUT2D eigenvalue weighted by atomic mass is 19.1. The molecule has 0 aromatic heterocycles. The van der Waals surface area contributed by atoms with Gasteiger partial charge < -0.3 is 16.2 Å². The van der Waals surface area contributed by atoms with Crippen molar-refractivity contribution < 1.29 is 13.5 Å². The summed E-state index contributed by atoms with van der Waals surface area (Å²) in [6.45, 7) is 2.62. The number of likely N-dealkylation sites (tertiary alicyclic amines) is 1. The van der Waals surface area contributed by atoms with E-state index in [-0.39, 0.29) is 17.6 Å². The molecule has 0 amide bonds. The van der Waals surface area contributed by atoms with E-state index in [4.69, 9.17) is 16.2 Å². The van der Waals surface area contributed by atoms with Crippen LogP contribution in [0.4, 0.5) is 8.78 Å². The van der Waals surface area contributed by atoms with Crippen LogP contribution in [0, 0.1) is 23.5 Å². The molecule has 132 valence electrons. The molecule has 0 radical (unpaired) electrons. The number of nitrogens with zero attached hydrogens (tertiary/aromatic N) is 1. The lowest BCUT2D eigenvalue weighted by molar-refractivity contribution is -0.0485. The molecule has 24 heavy (non-hydrogen) atoms. The van der Waals surface area contributed by atoms with Gasteiger partial charge in [-0.05, 0) is 49.3 Å². The molecule has 4 rings (SSSR count). The summed E-state index contributed by atoms with van der Waals surface area (Å²) in [6, 6.07) is 3.73. The fourth-order valence-corrected chi connectivity index (χ4v) is 4.83. The molecular weight excluding hydrogens is 312 g/mol. The smallest absolute Gasteiger partial charge is 0.129 e. The lowest BCUT2D eigenvalue weighted by Crippen LogP contribution is -2.49. The van der Waals surface area contributed by atoms with E-state index >= 15 is 0 Å². The quantitative estimate of drug-likeness (QED) is 0.864. The zero-order valence-electron chi connectivity index (χ0n) is 13.7. The third-order valence-electron chi connectivity index (χ3n) is 6.00. The highest BCUT2D eigenvalue weighted by Gasteiger charge is 2.43. The second-order valence-electron chi connectivity index (χ2n) is 7.68. The lowest BCUT2D eigenvalue weighted by Gasteiger charge is -2.39. The van der Waals surface area contributed by atoms with Crippen molar-refractivity contribution in [2.24, 2.45) is 23.3 Å². The molecule has 1 saturated carbocycles. The Labute approximate surface area is 141 Å². The van der Waals surface area contributed by atoms with E-state index in [1.807, 2.05) is 0 Å². The Bertz CT molecular complexity index is 600. The van der Waals surface area contributed by atoms with Crippen molar-refractivity contribution in [1.82, 2.24) is 4.90 Å². The molecule has 2 heterocycles. The number of rotatable bonds is 2. The van der Waals surface area contributed by atoms with Crippen LogP contribution in [-0.4, -0.2) is 42.7 Å². The van der Waals surface area contributed by atoms with Gasteiger partial charge in [0, 0.05) is 36.8 Å². The van der Waals surface area contributed by atoms with Crippen LogP contribution in [0.15, 0.2) is 18.2 Å². The molecule has 4 unspecified atom stereocenters. The molecule has 4 N–H and O–H groups in total. The van der Waals surface area contributed by atoms with Crippen LogP contribution in [0.3, 0.4) is 0 Å². The van der Waals surface area contributed by atoms with Gasteiger partial charge >= 0.3 is 0 Å². The van der Waals surface area contributed by atoms with Gasteiger partial charge in [-0.15, -0.1) is 0 Å². The van der Waals surface area contributed by atoms with Crippen molar-refractivity contribution in [3.05, 3.63) is 35.4 Å². The molecule has 2 aliphatic heterocycles. The van der Waals surface area contributed by atoms with E-state index in [1.54, 1.807) is 0 Å². The van der Waals surface area contributed by atoms with Crippen molar-refractivity contribution in [2.75, 3.05) is 19.7 Å². The van der Waals surface area contributed by atoms with Crippen LogP contribution in [0.25, 0.3) is 0 Å². The largest absolute Gasteiger partial charge is 0.370 e. The SMILES string of the molecule is NC1CC2CN(C3CO[C@H](c4cc(F)ccc4F)C(N)C3)CC2C1. The normalized spacial score (nSPS) is 40.0. The van der Waals surface area contributed by atoms with Crippen LogP contribution >= 0.6 is 0 Å². The Balaban J connectivity index is 1.41. The average Bonchev–Trinajstić information content (AvgIpc) is 3.07. The lowest BCUT2D eigenvalue weighted by atomic mass is 9.93. The van der Waals surface area contributed by atoms with Crippen LogP contribution in [-0.2, 0) is 4.74 Å². The molecule has 2 saturated heterocycles. The predicted octanol–water partition coefficient (Wildman–Crippen LogP) is 1.79. The summed E-state index contributed by atoms with van der Waals surface area (Å²) >= 11 is 0. The first kappa shape index (κ1) is 16.4. The van der Waals surface area contributed by atoms with Crippen LogP contribution in [0.5, 0.6) is 0 Å². The van der Waals surface area contributed by atoms with Gasteiger partial charge in [-0.1, -0.05) is 0 Å². The third-order valence-corrected chi connectivity index (χ3v) is 6.00. The van der Waals surface area contributed by atoms with Crippen molar-refractivity contribution >= 4 is 0 Å². The highest BCUT2D eigenvalue weighted by molar-refractivity contribution is 5.23. The predicted molar refractivity (Wildman–Crippen MR) is 87.2 cm³/mol. The Hall–Kier alpha value is -1.08. The van der Waals surface area contributed by atoms with Crippen molar-refractivity contribution in [1.29, 1.82) is 0 Å². The van der Waals surface area contributed by atoms with Crippen LogP contribution in [0.2, 0.25) is 0 Å². The number of ether oxygens (including phenoxy) is 1. The Kier molecular flexibility index (Phi) is 4.33. The highest BCUT2D eigenvalue weighted by Crippen LogP contribution is 2.40. The second-order valence-corrected chi connectivity index (χ2v) is 7.68. The zero-order chi connectivity index (χ0) is 16.8. The molecule has 1 aromatic carbocycles. The Morgan fingerprint density at radius 1 is 1.04 bits per heavy atom. The van der Waals surface area contributed by atoms with Crippen molar-refractivity contribution in [3.8, 4) is 0 Å². The van der Waals surface area contributed by atoms with Crippen molar-refractivity contribution in [2.45, 2.75) is 43.5 Å². The van der Waals surface area contributed by atoms with E-state index < -0.39 is 17.7 Å². The van der Waals surface area contributed by atoms with Gasteiger partial charge in [-0.25, -0.2) is 8.78 Å². The van der Waals surface area contributed by atoms with Crippen LogP contribution < -0.4 is 11.5 Å². The van der Waals surface area contributed by atoms with E-state index in [1.165, 1.54) is 6.07 Å². The van der Waals surface area contributed by atoms with E-state index in [0.717, 1.165) is 44.5 Å². The number of benzene rings is 1. The van der Waals surface area contributed by atoms with Crippen LogP contribution in [0.1, 0.15) is 30.9 Å². The van der Waals surface area contributed by atoms with Gasteiger partial charge in [0.05, 0.1) is 6.61 Å². The third kappa shape index (κ3) is 2.96. The van der Waals surface area contributed by atoms with Gasteiger partial charge in [0.15, 0.2) is 0 Å². The number of hydrogen-bond donors (Lipinski definition) is 2. The average molecular weight is 337 g/mol. The summed E-state index contributed by atoms with van der Waals surface area (Å²) in [6.07, 6.45) is 2.38. The van der Waals surface area contributed by atoms with E-state index in [0.29, 0.717) is 24.5 Å². The minimum absolute atomic E-state index is 0.227. The first-order valence-electron chi connectivity index (χ1n) is 8.83. The maximum atomic E-state index is 14.0. The van der Waals surface area contributed by atoms with E-state index in [2.05, 4.69) is 4.90 Å². The molecule has 1 aliphatic carbocycles. The molecule has 5 atom stereocenters. The fourth-order valence-electron chi connectivity index (χ4n) is 4.83. The summed E-state index contributed by atoms with van der Waals surface area (Å²) in [4.78, 5) is 2.46. The molecule has 1 aromatic rings. The number of halogens is 2. The zero-order valence-corrected chi connectivity index (χ0v) is 13.7. The number of nitrogens with two attached hydrogens (primary N) is 2.